The molecule has 5 rings (SSSR count). The monoisotopic (exact) mass is 751 g/mol. The van der Waals surface area contributed by atoms with Crippen molar-refractivity contribution in [3.05, 3.63) is 148 Å². The van der Waals surface area contributed by atoms with Crippen LogP contribution in [0.25, 0.3) is 6.08 Å². The van der Waals surface area contributed by atoms with E-state index in [1.54, 1.807) is 66.7 Å². The van der Waals surface area contributed by atoms with Crippen molar-refractivity contribution in [1.82, 2.24) is 5.32 Å². The van der Waals surface area contributed by atoms with E-state index in [4.69, 9.17) is 25.8 Å². The number of aromatic carboxylic acids is 1. The summed E-state index contributed by atoms with van der Waals surface area (Å²) in [6.07, 6.45) is 1.47. The molecule has 0 radical (unpaired) electrons. The van der Waals surface area contributed by atoms with Gasteiger partial charge in [0.1, 0.15) is 16.7 Å². The second-order valence-corrected chi connectivity index (χ2v) is 12.8. The summed E-state index contributed by atoms with van der Waals surface area (Å²) in [6.45, 7) is 0. The molecule has 0 aromatic heterocycles. The molecule has 0 spiro atoms. The van der Waals surface area contributed by atoms with E-state index in [1.807, 2.05) is 30.3 Å². The first-order valence-electron chi connectivity index (χ1n) is 15.9. The Morgan fingerprint density at radius 2 is 1.34 bits per heavy atom. The smallest absolute Gasteiger partial charge is 0.335 e. The van der Waals surface area contributed by atoms with Crippen LogP contribution in [0.3, 0.4) is 0 Å². The number of hydrogen-bond donors (Lipinski definition) is 4. The maximum atomic E-state index is 13.8. The molecule has 0 aliphatic rings. The summed E-state index contributed by atoms with van der Waals surface area (Å²) in [5, 5.41) is 17.2. The molecule has 5 aromatic rings. The van der Waals surface area contributed by atoms with Gasteiger partial charge in [0.2, 0.25) is 5.91 Å². The minimum absolute atomic E-state index is 0.0215. The average Bonchev–Trinajstić information content (AvgIpc) is 3.18. The van der Waals surface area contributed by atoms with Crippen molar-refractivity contribution in [2.75, 3.05) is 32.0 Å². The van der Waals surface area contributed by atoms with Crippen LogP contribution in [0.2, 0.25) is 5.02 Å². The second-order valence-electron chi connectivity index (χ2n) is 11.2. The number of methoxy groups -OCH3 is 3. The van der Waals surface area contributed by atoms with E-state index >= 15 is 0 Å². The van der Waals surface area contributed by atoms with Gasteiger partial charge in [-0.15, -0.1) is 11.8 Å². The van der Waals surface area contributed by atoms with Crippen molar-refractivity contribution in [2.24, 2.45) is 0 Å². The first-order chi connectivity index (χ1) is 25.6. The van der Waals surface area contributed by atoms with Gasteiger partial charge in [0.25, 0.3) is 11.8 Å². The van der Waals surface area contributed by atoms with Gasteiger partial charge in [0.05, 0.1) is 37.6 Å². The first kappa shape index (κ1) is 38.0. The number of carboxylic acid groups (broad SMARTS) is 1. The fourth-order valence-corrected chi connectivity index (χ4v) is 6.26. The van der Waals surface area contributed by atoms with Gasteiger partial charge in [-0.3, -0.25) is 14.4 Å². The number of anilines is 2. The van der Waals surface area contributed by atoms with E-state index < -0.39 is 28.9 Å². The normalized spacial score (nSPS) is 11.5. The van der Waals surface area contributed by atoms with Gasteiger partial charge in [0, 0.05) is 27.8 Å². The van der Waals surface area contributed by atoms with Crippen molar-refractivity contribution in [3.8, 4) is 17.2 Å². The highest BCUT2D eigenvalue weighted by molar-refractivity contribution is 8.00. The molecule has 5 aromatic carbocycles. The number of thioether (sulfide) groups is 1. The fourth-order valence-electron chi connectivity index (χ4n) is 5.07. The SMILES string of the molecule is COc1cc(OC)c(OC)cc1/C=C(\NC(=O)c1ccccc1)C(=O)Nc1ccc(SC(C(=O)Nc2cc(C(=O)O)ccc2Cl)c2ccccc2)cc1. The lowest BCUT2D eigenvalue weighted by atomic mass is 10.1. The van der Waals surface area contributed by atoms with Crippen LogP contribution < -0.4 is 30.2 Å². The Kier molecular flexibility index (Phi) is 12.8. The lowest BCUT2D eigenvalue weighted by molar-refractivity contribution is -0.116. The summed E-state index contributed by atoms with van der Waals surface area (Å²) in [6, 6.07) is 31.7. The molecule has 1 unspecified atom stereocenters. The number of nitrogens with one attached hydrogen (secondary N) is 3. The largest absolute Gasteiger partial charge is 0.496 e. The molecule has 1 atom stereocenters. The average molecular weight is 752 g/mol. The Labute approximate surface area is 314 Å². The zero-order valence-corrected chi connectivity index (χ0v) is 30.3. The zero-order valence-electron chi connectivity index (χ0n) is 28.7. The van der Waals surface area contributed by atoms with Gasteiger partial charge in [0.15, 0.2) is 11.5 Å². The van der Waals surface area contributed by atoms with Gasteiger partial charge in [-0.2, -0.15) is 0 Å². The number of carboxylic acids is 1. The molecule has 270 valence electrons. The molecule has 4 N–H and O–H groups in total. The predicted molar refractivity (Wildman–Crippen MR) is 205 cm³/mol. The van der Waals surface area contributed by atoms with E-state index in [0.29, 0.717) is 44.5 Å². The van der Waals surface area contributed by atoms with E-state index in [2.05, 4.69) is 16.0 Å². The van der Waals surface area contributed by atoms with Crippen molar-refractivity contribution >= 4 is 64.5 Å². The standard InChI is InChI=1S/C40H34ClN3O8S/c1-50-33-23-35(52-3)34(51-2)22-27(33)21-32(44-37(45)25-12-8-5-9-13-25)38(46)42-28-15-17-29(18-16-28)53-36(24-10-6-4-7-11-24)39(47)43-31-20-26(40(48)49)14-19-30(31)41/h4-23,36H,1-3H3,(H,42,46)(H,43,47)(H,44,45)(H,48,49)/b32-21-. The van der Waals surface area contributed by atoms with Crippen molar-refractivity contribution < 1.29 is 38.5 Å². The predicted octanol–water partition coefficient (Wildman–Crippen LogP) is 7.95. The van der Waals surface area contributed by atoms with Gasteiger partial charge in [-0.1, -0.05) is 60.1 Å². The van der Waals surface area contributed by atoms with Crippen molar-refractivity contribution in [2.45, 2.75) is 10.1 Å². The lowest BCUT2D eigenvalue weighted by Gasteiger charge is -2.18. The van der Waals surface area contributed by atoms with E-state index in [9.17, 15) is 24.3 Å². The topological polar surface area (TPSA) is 152 Å². The number of benzene rings is 5. The van der Waals surface area contributed by atoms with Crippen LogP contribution in [0.5, 0.6) is 17.2 Å². The Hall–Kier alpha value is -6.24. The molecule has 11 nitrogen and oxygen atoms in total. The number of hydrogen-bond acceptors (Lipinski definition) is 8. The maximum absolute atomic E-state index is 13.8. The van der Waals surface area contributed by atoms with E-state index in [1.165, 1.54) is 57.4 Å². The highest BCUT2D eigenvalue weighted by atomic mass is 35.5. The Morgan fingerprint density at radius 3 is 1.96 bits per heavy atom. The van der Waals surface area contributed by atoms with Crippen LogP contribution in [-0.2, 0) is 9.59 Å². The molecule has 0 saturated heterocycles. The molecule has 13 heteroatoms. The molecular formula is C40H34ClN3O8S. The molecule has 0 saturated carbocycles. The van der Waals surface area contributed by atoms with E-state index in [-0.39, 0.29) is 22.0 Å². The number of amides is 3. The van der Waals surface area contributed by atoms with Crippen molar-refractivity contribution in [1.29, 1.82) is 0 Å². The highest BCUT2D eigenvalue weighted by Crippen LogP contribution is 2.38. The highest BCUT2D eigenvalue weighted by Gasteiger charge is 2.24. The summed E-state index contributed by atoms with van der Waals surface area (Å²) >= 11 is 7.54. The van der Waals surface area contributed by atoms with Crippen LogP contribution in [0, 0.1) is 0 Å². The van der Waals surface area contributed by atoms with Crippen LogP contribution in [0.1, 0.15) is 37.1 Å². The number of ether oxygens (including phenoxy) is 3. The molecule has 0 aliphatic heterocycles. The third-order valence-electron chi connectivity index (χ3n) is 7.74. The minimum atomic E-state index is -1.15. The second kappa shape index (κ2) is 17.8. The Morgan fingerprint density at radius 1 is 0.717 bits per heavy atom. The number of rotatable bonds is 14. The molecule has 53 heavy (non-hydrogen) atoms. The van der Waals surface area contributed by atoms with Gasteiger partial charge >= 0.3 is 5.97 Å². The Bertz CT molecular complexity index is 2150. The molecular weight excluding hydrogens is 718 g/mol. The molecule has 0 bridgehead atoms. The number of halogens is 1. The maximum Gasteiger partial charge on any atom is 0.335 e. The van der Waals surface area contributed by atoms with Gasteiger partial charge < -0.3 is 35.3 Å². The van der Waals surface area contributed by atoms with Gasteiger partial charge in [-0.05, 0) is 72.3 Å². The summed E-state index contributed by atoms with van der Waals surface area (Å²) in [4.78, 5) is 52.8. The third-order valence-corrected chi connectivity index (χ3v) is 9.34. The number of carbonyl (C=O) groups excluding carboxylic acids is 3. The molecule has 0 fully saturated rings. The quantitative estimate of drug-likeness (QED) is 0.0655. The molecule has 3 amide bonds. The Balaban J connectivity index is 1.39. The number of carbonyl (C=O) groups is 4. The summed E-state index contributed by atoms with van der Waals surface area (Å²) in [7, 11) is 4.44. The fraction of sp³-hybridized carbons (Fsp3) is 0.100. The van der Waals surface area contributed by atoms with E-state index in [0.717, 1.165) is 0 Å². The van der Waals surface area contributed by atoms with Crippen molar-refractivity contribution in [3.63, 3.8) is 0 Å². The lowest BCUT2D eigenvalue weighted by Crippen LogP contribution is -2.30. The van der Waals surface area contributed by atoms with Gasteiger partial charge in [-0.25, -0.2) is 4.79 Å². The zero-order chi connectivity index (χ0) is 37.9. The summed E-state index contributed by atoms with van der Waals surface area (Å²) < 4.78 is 16.4. The third kappa shape index (κ3) is 9.76. The van der Waals surface area contributed by atoms with Crippen LogP contribution in [0.15, 0.2) is 126 Å². The first-order valence-corrected chi connectivity index (χ1v) is 17.2. The summed E-state index contributed by atoms with van der Waals surface area (Å²) in [5.41, 5.74) is 1.98. The van der Waals surface area contributed by atoms with Crippen LogP contribution in [-0.4, -0.2) is 50.1 Å². The van der Waals surface area contributed by atoms with Crippen LogP contribution >= 0.6 is 23.4 Å². The van der Waals surface area contributed by atoms with Crippen LogP contribution in [0.4, 0.5) is 11.4 Å². The minimum Gasteiger partial charge on any atom is -0.496 e. The molecule has 0 aliphatic carbocycles. The molecule has 0 heterocycles. The summed E-state index contributed by atoms with van der Waals surface area (Å²) in [5.74, 6) is -1.51.